The molecule has 0 spiro atoms. The van der Waals surface area contributed by atoms with Crippen LogP contribution in [0, 0.1) is 6.92 Å². The fourth-order valence-electron chi connectivity index (χ4n) is 3.70. The second-order valence-corrected chi connectivity index (χ2v) is 8.18. The van der Waals surface area contributed by atoms with Crippen molar-refractivity contribution in [1.82, 2.24) is 9.97 Å². The van der Waals surface area contributed by atoms with Crippen LogP contribution in [0.4, 0.5) is 32.2 Å². The minimum atomic E-state index is -5.12. The van der Waals surface area contributed by atoms with Crippen molar-refractivity contribution in [3.8, 4) is 5.75 Å². The number of halogens is 7. The van der Waals surface area contributed by atoms with Crippen LogP contribution in [0.25, 0.3) is 10.9 Å². The summed E-state index contributed by atoms with van der Waals surface area (Å²) < 4.78 is 81.7. The highest BCUT2D eigenvalue weighted by atomic mass is 35.5. The maximum Gasteiger partial charge on any atom is 0.416 e. The minimum absolute atomic E-state index is 0.0316. The van der Waals surface area contributed by atoms with E-state index in [0.29, 0.717) is 22.0 Å². The Morgan fingerprint density at radius 3 is 2.29 bits per heavy atom. The van der Waals surface area contributed by atoms with Crippen LogP contribution in [-0.2, 0) is 12.4 Å². The van der Waals surface area contributed by atoms with Gasteiger partial charge >= 0.3 is 12.4 Å². The molecule has 2 aromatic heterocycles. The normalized spacial score (nSPS) is 13.1. The number of phenolic OH excluding ortho intramolecular Hbond substituents is 1. The van der Waals surface area contributed by atoms with Crippen molar-refractivity contribution < 1.29 is 31.4 Å². The third-order valence-electron chi connectivity index (χ3n) is 5.43. The summed E-state index contributed by atoms with van der Waals surface area (Å²) in [6, 6.07) is 7.61. The van der Waals surface area contributed by atoms with E-state index in [4.69, 9.17) is 11.6 Å². The zero-order valence-electron chi connectivity index (χ0n) is 17.8. The summed E-state index contributed by atoms with van der Waals surface area (Å²) in [5.74, 6) is -0.315. The average molecular weight is 512 g/mol. The van der Waals surface area contributed by atoms with Crippen molar-refractivity contribution in [2.24, 2.45) is 0 Å². The molecule has 1 atom stereocenters. The molecule has 2 aromatic carbocycles. The molecule has 2 N–H and O–H groups in total. The first-order chi connectivity index (χ1) is 16.4. The van der Waals surface area contributed by atoms with Crippen molar-refractivity contribution >= 4 is 28.3 Å². The maximum atomic E-state index is 14.0. The van der Waals surface area contributed by atoms with Gasteiger partial charge in [0.15, 0.2) is 0 Å². The highest BCUT2D eigenvalue weighted by molar-refractivity contribution is 6.31. The SMILES string of the molecule is Cc1cc(NC(c2ccc(C(F)(F)F)cc2C(F)(F)F)c2ccc3cccnc3c2O)ncc1Cl. The number of hydrogen-bond donors (Lipinski definition) is 2. The fourth-order valence-corrected chi connectivity index (χ4v) is 3.80. The minimum Gasteiger partial charge on any atom is -0.505 e. The number of aromatic hydroxyl groups is 1. The highest BCUT2D eigenvalue weighted by Crippen LogP contribution is 2.43. The molecule has 0 amide bonds. The number of aryl methyl sites for hydroxylation is 1. The molecule has 0 saturated carbocycles. The number of hydrogen-bond acceptors (Lipinski definition) is 4. The predicted octanol–water partition coefficient (Wildman–Crippen LogP) is 7.54. The lowest BCUT2D eigenvalue weighted by Gasteiger charge is -2.26. The van der Waals surface area contributed by atoms with Crippen LogP contribution >= 0.6 is 11.6 Å². The Balaban J connectivity index is 1.97. The molecule has 4 rings (SSSR count). The monoisotopic (exact) mass is 511 g/mol. The average Bonchev–Trinajstić information content (AvgIpc) is 2.79. The quantitative estimate of drug-likeness (QED) is 0.278. The molecule has 0 saturated heterocycles. The zero-order valence-corrected chi connectivity index (χ0v) is 18.6. The number of aromatic nitrogens is 2. The lowest BCUT2D eigenvalue weighted by atomic mass is 9.91. The van der Waals surface area contributed by atoms with Gasteiger partial charge in [0, 0.05) is 23.3 Å². The fraction of sp³-hybridized carbons (Fsp3) is 0.167. The number of anilines is 1. The lowest BCUT2D eigenvalue weighted by Crippen LogP contribution is -2.20. The van der Waals surface area contributed by atoms with E-state index in [1.165, 1.54) is 24.5 Å². The molecule has 35 heavy (non-hydrogen) atoms. The highest BCUT2D eigenvalue weighted by Gasteiger charge is 2.40. The number of nitrogens with one attached hydrogen (secondary N) is 1. The van der Waals surface area contributed by atoms with E-state index in [1.807, 2.05) is 0 Å². The van der Waals surface area contributed by atoms with E-state index in [-0.39, 0.29) is 23.0 Å². The van der Waals surface area contributed by atoms with Gasteiger partial charge < -0.3 is 10.4 Å². The Kier molecular flexibility index (Phi) is 6.27. The van der Waals surface area contributed by atoms with Gasteiger partial charge in [-0.1, -0.05) is 35.9 Å². The predicted molar refractivity (Wildman–Crippen MR) is 119 cm³/mol. The summed E-state index contributed by atoms with van der Waals surface area (Å²) in [7, 11) is 0. The van der Waals surface area contributed by atoms with Crippen LogP contribution in [0.1, 0.15) is 33.9 Å². The van der Waals surface area contributed by atoms with Crippen LogP contribution < -0.4 is 5.32 Å². The molecule has 0 aliphatic rings. The van der Waals surface area contributed by atoms with E-state index in [0.717, 1.165) is 6.07 Å². The van der Waals surface area contributed by atoms with E-state index < -0.39 is 40.8 Å². The molecule has 0 radical (unpaired) electrons. The molecular formula is C24H16ClF6N3O. The molecule has 4 nitrogen and oxygen atoms in total. The van der Waals surface area contributed by atoms with Crippen LogP contribution in [-0.4, -0.2) is 15.1 Å². The summed E-state index contributed by atoms with van der Waals surface area (Å²) in [4.78, 5) is 8.15. The van der Waals surface area contributed by atoms with Crippen LogP contribution in [0.5, 0.6) is 5.75 Å². The molecule has 182 valence electrons. The molecule has 0 bridgehead atoms. The van der Waals surface area contributed by atoms with Crippen molar-refractivity contribution in [3.05, 3.63) is 93.8 Å². The first kappa shape index (κ1) is 24.6. The topological polar surface area (TPSA) is 58.0 Å². The number of nitrogens with zero attached hydrogens (tertiary/aromatic N) is 2. The molecule has 4 aromatic rings. The second-order valence-electron chi connectivity index (χ2n) is 7.77. The maximum absolute atomic E-state index is 14.0. The Labute approximate surface area is 200 Å². The Morgan fingerprint density at radius 1 is 0.914 bits per heavy atom. The number of alkyl halides is 6. The van der Waals surface area contributed by atoms with Crippen LogP contribution in [0.15, 0.2) is 60.9 Å². The first-order valence-corrected chi connectivity index (χ1v) is 10.5. The summed E-state index contributed by atoms with van der Waals surface area (Å²) in [5.41, 5.74) is -2.83. The molecule has 0 aliphatic heterocycles. The molecule has 0 fully saturated rings. The first-order valence-electron chi connectivity index (χ1n) is 10.1. The summed E-state index contributed by atoms with van der Waals surface area (Å²) in [6.45, 7) is 1.65. The van der Waals surface area contributed by atoms with E-state index in [1.54, 1.807) is 25.1 Å². The van der Waals surface area contributed by atoms with Gasteiger partial charge in [-0.25, -0.2) is 4.98 Å². The molecule has 11 heteroatoms. The van der Waals surface area contributed by atoms with Crippen molar-refractivity contribution in [1.29, 1.82) is 0 Å². The van der Waals surface area contributed by atoms with E-state index in [2.05, 4.69) is 15.3 Å². The lowest BCUT2D eigenvalue weighted by molar-refractivity contribution is -0.143. The van der Waals surface area contributed by atoms with E-state index >= 15 is 0 Å². The van der Waals surface area contributed by atoms with Crippen molar-refractivity contribution in [2.45, 2.75) is 25.3 Å². The van der Waals surface area contributed by atoms with Gasteiger partial charge in [-0.15, -0.1) is 0 Å². The number of pyridine rings is 2. The third kappa shape index (κ3) is 4.97. The number of fused-ring (bicyclic) bond motifs is 1. The molecule has 1 unspecified atom stereocenters. The molecular weight excluding hydrogens is 496 g/mol. The summed E-state index contributed by atoms with van der Waals surface area (Å²) in [5, 5.41) is 14.6. The zero-order chi connectivity index (χ0) is 25.5. The standard InChI is InChI=1S/C24H16ClF6N3O/c1-12-9-19(33-11-18(12)25)34-21(16-6-4-13-3-2-8-32-20(13)22(16)35)15-7-5-14(23(26,27)28)10-17(15)24(29,30)31/h2-11,21,35H,1H3,(H,33,34). The summed E-state index contributed by atoms with van der Waals surface area (Å²) in [6.07, 6.45) is -7.41. The Morgan fingerprint density at radius 2 is 1.63 bits per heavy atom. The van der Waals surface area contributed by atoms with Crippen molar-refractivity contribution in [3.63, 3.8) is 0 Å². The van der Waals surface area contributed by atoms with Gasteiger partial charge in [-0.05, 0) is 42.3 Å². The largest absolute Gasteiger partial charge is 0.505 e. The van der Waals surface area contributed by atoms with Crippen molar-refractivity contribution in [2.75, 3.05) is 5.32 Å². The number of phenols is 1. The third-order valence-corrected chi connectivity index (χ3v) is 5.82. The molecule has 2 heterocycles. The molecule has 0 aliphatic carbocycles. The van der Waals surface area contributed by atoms with Gasteiger partial charge in [-0.3, -0.25) is 4.98 Å². The number of rotatable bonds is 4. The summed E-state index contributed by atoms with van der Waals surface area (Å²) >= 11 is 5.99. The smallest absolute Gasteiger partial charge is 0.416 e. The Bertz CT molecular complexity index is 1400. The van der Waals surface area contributed by atoms with Gasteiger partial charge in [0.1, 0.15) is 17.1 Å². The van der Waals surface area contributed by atoms with Crippen LogP contribution in [0.3, 0.4) is 0 Å². The van der Waals surface area contributed by atoms with Crippen LogP contribution in [0.2, 0.25) is 5.02 Å². The number of benzene rings is 2. The van der Waals surface area contributed by atoms with Gasteiger partial charge in [0.2, 0.25) is 0 Å². The van der Waals surface area contributed by atoms with Gasteiger partial charge in [-0.2, -0.15) is 26.3 Å². The van der Waals surface area contributed by atoms with Gasteiger partial charge in [0.05, 0.1) is 22.2 Å². The second kappa shape index (κ2) is 8.92. The van der Waals surface area contributed by atoms with E-state index in [9.17, 15) is 31.4 Å². The van der Waals surface area contributed by atoms with Gasteiger partial charge in [0.25, 0.3) is 0 Å². The Hall–Kier alpha value is -3.53.